The molecule has 1 heterocycles. The Morgan fingerprint density at radius 1 is 1.50 bits per heavy atom. The van der Waals surface area contributed by atoms with Crippen molar-refractivity contribution in [2.24, 2.45) is 5.41 Å². The Kier molecular flexibility index (Phi) is 4.01. The van der Waals surface area contributed by atoms with E-state index < -0.39 is 0 Å². The van der Waals surface area contributed by atoms with Gasteiger partial charge in [0.05, 0.1) is 11.7 Å². The van der Waals surface area contributed by atoms with Gasteiger partial charge in [-0.2, -0.15) is 0 Å². The predicted molar refractivity (Wildman–Crippen MR) is 60.4 cm³/mol. The maximum Gasteiger partial charge on any atom is 0.0930 e. The molecule has 3 nitrogen and oxygen atoms in total. The van der Waals surface area contributed by atoms with Gasteiger partial charge in [0.25, 0.3) is 0 Å². The molecule has 14 heavy (non-hydrogen) atoms. The number of hydrogen-bond acceptors (Lipinski definition) is 4. The summed E-state index contributed by atoms with van der Waals surface area (Å²) in [5.41, 5.74) is 1.25. The standard InChI is InChI=1S/C10H19N3S/c1-5-6-11-9(10(2,3)4)8-7-14-13-12-8/h7,9,11H,5-6H2,1-4H3. The highest BCUT2D eigenvalue weighted by Gasteiger charge is 2.27. The summed E-state index contributed by atoms with van der Waals surface area (Å²) in [5.74, 6) is 0. The lowest BCUT2D eigenvalue weighted by Crippen LogP contribution is -2.33. The van der Waals surface area contributed by atoms with Gasteiger partial charge >= 0.3 is 0 Å². The third kappa shape index (κ3) is 3.03. The van der Waals surface area contributed by atoms with Gasteiger partial charge < -0.3 is 5.32 Å². The molecule has 1 atom stereocenters. The van der Waals surface area contributed by atoms with Gasteiger partial charge in [-0.05, 0) is 29.9 Å². The molecule has 0 spiro atoms. The first-order valence-corrected chi connectivity index (χ1v) is 5.89. The van der Waals surface area contributed by atoms with Gasteiger partial charge in [0.15, 0.2) is 0 Å². The Bertz CT molecular complexity index is 251. The molecule has 1 rings (SSSR count). The highest BCUT2D eigenvalue weighted by atomic mass is 32.1. The monoisotopic (exact) mass is 213 g/mol. The van der Waals surface area contributed by atoms with Crippen LogP contribution in [0, 0.1) is 5.41 Å². The second kappa shape index (κ2) is 4.84. The van der Waals surface area contributed by atoms with Crippen LogP contribution in [0.15, 0.2) is 5.38 Å². The molecule has 4 heteroatoms. The fourth-order valence-corrected chi connectivity index (χ4v) is 1.92. The molecule has 0 amide bonds. The third-order valence-electron chi connectivity index (χ3n) is 2.14. The number of rotatable bonds is 4. The topological polar surface area (TPSA) is 37.8 Å². The van der Waals surface area contributed by atoms with E-state index >= 15 is 0 Å². The summed E-state index contributed by atoms with van der Waals surface area (Å²) >= 11 is 1.42. The van der Waals surface area contributed by atoms with Gasteiger partial charge in [-0.3, -0.25) is 0 Å². The molecular formula is C10H19N3S. The summed E-state index contributed by atoms with van der Waals surface area (Å²) in [5, 5.41) is 9.68. The van der Waals surface area contributed by atoms with Crippen LogP contribution >= 0.6 is 11.5 Å². The molecule has 0 aliphatic rings. The van der Waals surface area contributed by atoms with Gasteiger partial charge in [0, 0.05) is 5.38 Å². The van der Waals surface area contributed by atoms with Crippen molar-refractivity contribution >= 4 is 11.5 Å². The molecule has 0 saturated carbocycles. The van der Waals surface area contributed by atoms with E-state index in [-0.39, 0.29) is 5.41 Å². The average molecular weight is 213 g/mol. The van der Waals surface area contributed by atoms with Gasteiger partial charge in [-0.25, -0.2) is 0 Å². The Morgan fingerprint density at radius 3 is 2.64 bits per heavy atom. The van der Waals surface area contributed by atoms with Crippen molar-refractivity contribution in [1.82, 2.24) is 14.9 Å². The van der Waals surface area contributed by atoms with Crippen LogP contribution in [0.25, 0.3) is 0 Å². The molecule has 0 bridgehead atoms. The van der Waals surface area contributed by atoms with Crippen molar-refractivity contribution in [3.05, 3.63) is 11.1 Å². The van der Waals surface area contributed by atoms with Gasteiger partial charge in [0.2, 0.25) is 0 Å². The van der Waals surface area contributed by atoms with E-state index in [2.05, 4.69) is 42.6 Å². The van der Waals surface area contributed by atoms with E-state index in [1.54, 1.807) is 0 Å². The Labute approximate surface area is 90.1 Å². The van der Waals surface area contributed by atoms with Crippen molar-refractivity contribution in [3.63, 3.8) is 0 Å². The van der Waals surface area contributed by atoms with Crippen LogP contribution in [0.4, 0.5) is 0 Å². The fraction of sp³-hybridized carbons (Fsp3) is 0.800. The molecule has 1 N–H and O–H groups in total. The van der Waals surface area contributed by atoms with Crippen LogP contribution in [0.2, 0.25) is 0 Å². The van der Waals surface area contributed by atoms with Crippen molar-refractivity contribution in [1.29, 1.82) is 0 Å². The lowest BCUT2D eigenvalue weighted by Gasteiger charge is -2.29. The number of hydrogen-bond donors (Lipinski definition) is 1. The van der Waals surface area contributed by atoms with Crippen LogP contribution in [0.1, 0.15) is 45.9 Å². The zero-order chi connectivity index (χ0) is 10.6. The van der Waals surface area contributed by atoms with E-state index in [1.807, 2.05) is 5.38 Å². The molecule has 0 radical (unpaired) electrons. The average Bonchev–Trinajstić information content (AvgIpc) is 2.55. The first kappa shape index (κ1) is 11.6. The zero-order valence-corrected chi connectivity index (χ0v) is 10.2. The minimum atomic E-state index is 0.185. The van der Waals surface area contributed by atoms with Crippen LogP contribution in [0.3, 0.4) is 0 Å². The quantitative estimate of drug-likeness (QED) is 0.835. The van der Waals surface area contributed by atoms with E-state index in [0.717, 1.165) is 18.7 Å². The zero-order valence-electron chi connectivity index (χ0n) is 9.37. The lowest BCUT2D eigenvalue weighted by molar-refractivity contribution is 0.268. The summed E-state index contributed by atoms with van der Waals surface area (Å²) in [4.78, 5) is 0. The summed E-state index contributed by atoms with van der Waals surface area (Å²) in [6.07, 6.45) is 1.14. The summed E-state index contributed by atoms with van der Waals surface area (Å²) in [6, 6.07) is 0.307. The van der Waals surface area contributed by atoms with Crippen LogP contribution in [-0.2, 0) is 0 Å². The first-order valence-electron chi connectivity index (χ1n) is 5.06. The van der Waals surface area contributed by atoms with Crippen molar-refractivity contribution in [2.45, 2.75) is 40.2 Å². The summed E-state index contributed by atoms with van der Waals surface area (Å²) in [6.45, 7) is 9.87. The normalized spacial score (nSPS) is 14.3. The van der Waals surface area contributed by atoms with Crippen LogP contribution in [0.5, 0.6) is 0 Å². The summed E-state index contributed by atoms with van der Waals surface area (Å²) in [7, 11) is 0. The van der Waals surface area contributed by atoms with Crippen molar-refractivity contribution in [3.8, 4) is 0 Å². The van der Waals surface area contributed by atoms with Crippen molar-refractivity contribution in [2.75, 3.05) is 6.54 Å². The molecule has 80 valence electrons. The first-order chi connectivity index (χ1) is 6.55. The lowest BCUT2D eigenvalue weighted by atomic mass is 9.85. The molecule has 0 aromatic carbocycles. The van der Waals surface area contributed by atoms with Gasteiger partial charge in [-0.15, -0.1) is 5.10 Å². The molecule has 1 aromatic rings. The second-order valence-corrected chi connectivity index (χ2v) is 5.19. The maximum atomic E-state index is 4.14. The Hall–Kier alpha value is -0.480. The smallest absolute Gasteiger partial charge is 0.0930 e. The summed E-state index contributed by atoms with van der Waals surface area (Å²) < 4.78 is 3.92. The van der Waals surface area contributed by atoms with E-state index in [9.17, 15) is 0 Å². The third-order valence-corrected chi connectivity index (χ3v) is 2.66. The van der Waals surface area contributed by atoms with Crippen molar-refractivity contribution < 1.29 is 0 Å². The van der Waals surface area contributed by atoms with E-state index in [4.69, 9.17) is 0 Å². The predicted octanol–water partition coefficient (Wildman–Crippen LogP) is 2.62. The molecule has 0 aliphatic carbocycles. The Morgan fingerprint density at radius 2 is 2.21 bits per heavy atom. The molecule has 1 unspecified atom stereocenters. The second-order valence-electron chi connectivity index (χ2n) is 4.58. The minimum absolute atomic E-state index is 0.185. The minimum Gasteiger partial charge on any atom is -0.308 e. The number of nitrogens with one attached hydrogen (secondary N) is 1. The van der Waals surface area contributed by atoms with E-state index in [0.29, 0.717) is 6.04 Å². The number of aromatic nitrogens is 2. The fourth-order valence-electron chi connectivity index (χ4n) is 1.44. The van der Waals surface area contributed by atoms with Gasteiger partial charge in [0.1, 0.15) is 0 Å². The number of nitrogens with zero attached hydrogens (tertiary/aromatic N) is 2. The van der Waals surface area contributed by atoms with E-state index in [1.165, 1.54) is 11.5 Å². The van der Waals surface area contributed by atoms with Crippen LogP contribution in [-0.4, -0.2) is 16.1 Å². The molecule has 1 aromatic heterocycles. The maximum absolute atomic E-state index is 4.14. The highest BCUT2D eigenvalue weighted by molar-refractivity contribution is 7.03. The molecule has 0 saturated heterocycles. The molecule has 0 fully saturated rings. The van der Waals surface area contributed by atoms with Gasteiger partial charge in [-0.1, -0.05) is 32.2 Å². The molecular weight excluding hydrogens is 194 g/mol. The highest BCUT2D eigenvalue weighted by Crippen LogP contribution is 2.31. The molecule has 0 aliphatic heterocycles. The van der Waals surface area contributed by atoms with Crippen LogP contribution < -0.4 is 5.32 Å². The largest absolute Gasteiger partial charge is 0.308 e. The Balaban J connectivity index is 2.73. The SMILES string of the molecule is CCCNC(c1csnn1)C(C)(C)C.